The van der Waals surface area contributed by atoms with Gasteiger partial charge in [-0.3, -0.25) is 5.32 Å². The van der Waals surface area contributed by atoms with E-state index < -0.39 is 6.09 Å². The van der Waals surface area contributed by atoms with Gasteiger partial charge in [-0.2, -0.15) is 0 Å². The Kier molecular flexibility index (Phi) is 4.37. The van der Waals surface area contributed by atoms with E-state index in [9.17, 15) is 4.79 Å². The van der Waals surface area contributed by atoms with Gasteiger partial charge in [0, 0.05) is 12.1 Å². The molecule has 1 aromatic heterocycles. The molecule has 1 aliphatic carbocycles. The number of fused-ring (bicyclic) bond motifs is 3. The summed E-state index contributed by atoms with van der Waals surface area (Å²) in [6.45, 7) is 0.140. The molecule has 0 radical (unpaired) electrons. The molecule has 0 saturated carbocycles. The summed E-state index contributed by atoms with van der Waals surface area (Å²) in [5.74, 6) is 0.374. The number of carbonyl (C=O) groups excluding carboxylic acids is 1. The number of nitrogens with one attached hydrogen (secondary N) is 1. The van der Waals surface area contributed by atoms with E-state index >= 15 is 0 Å². The van der Waals surface area contributed by atoms with Crippen molar-refractivity contribution < 1.29 is 14.6 Å². The zero-order valence-corrected chi connectivity index (χ0v) is 14.1. The number of aromatic nitrogens is 1. The molecule has 5 heteroatoms. The summed E-state index contributed by atoms with van der Waals surface area (Å²) < 4.78 is 5.46. The summed E-state index contributed by atoms with van der Waals surface area (Å²) in [6.07, 6.45) is 0.972. The number of aliphatic hydroxyl groups excluding tert-OH is 1. The molecule has 1 amide bonds. The minimum absolute atomic E-state index is 0.0184. The van der Waals surface area contributed by atoms with Crippen LogP contribution in [0.1, 0.15) is 22.6 Å². The molecule has 5 nitrogen and oxygen atoms in total. The standard InChI is InChI=1S/C21H18N2O3/c24-12-14-9-10-22-20(11-14)23-21(25)26-13-19-17-7-3-1-5-15(17)16-6-2-4-8-18(16)19/h1-11,19,24H,12-13H2,(H,22,23,25). The summed E-state index contributed by atoms with van der Waals surface area (Å²) >= 11 is 0. The van der Waals surface area contributed by atoms with Gasteiger partial charge in [0.25, 0.3) is 0 Å². The van der Waals surface area contributed by atoms with Gasteiger partial charge in [0.15, 0.2) is 0 Å². The summed E-state index contributed by atoms with van der Waals surface area (Å²) in [4.78, 5) is 16.2. The number of rotatable bonds is 4. The first kappa shape index (κ1) is 16.3. The maximum Gasteiger partial charge on any atom is 0.412 e. The molecule has 2 aromatic carbocycles. The van der Waals surface area contributed by atoms with Crippen molar-refractivity contribution >= 4 is 11.9 Å². The first-order valence-electron chi connectivity index (χ1n) is 8.44. The normalized spacial score (nSPS) is 12.3. The maximum atomic E-state index is 12.2. The third-order valence-electron chi connectivity index (χ3n) is 4.58. The summed E-state index contributed by atoms with van der Waals surface area (Å²) in [7, 11) is 0. The third-order valence-corrected chi connectivity index (χ3v) is 4.58. The molecule has 1 heterocycles. The second-order valence-corrected chi connectivity index (χ2v) is 6.16. The SMILES string of the molecule is O=C(Nc1cc(CO)ccn1)OCC1c2ccccc2-c2ccccc21. The van der Waals surface area contributed by atoms with E-state index in [0.717, 1.165) is 0 Å². The zero-order chi connectivity index (χ0) is 17.9. The Morgan fingerprint density at radius 3 is 2.35 bits per heavy atom. The largest absolute Gasteiger partial charge is 0.448 e. The highest BCUT2D eigenvalue weighted by Gasteiger charge is 2.28. The van der Waals surface area contributed by atoms with Gasteiger partial charge in [-0.15, -0.1) is 0 Å². The van der Waals surface area contributed by atoms with Crippen molar-refractivity contribution in [2.24, 2.45) is 0 Å². The van der Waals surface area contributed by atoms with E-state index in [1.54, 1.807) is 12.1 Å². The van der Waals surface area contributed by atoms with Crippen LogP contribution >= 0.6 is 0 Å². The molecule has 0 unspecified atom stereocenters. The highest BCUT2D eigenvalue weighted by atomic mass is 16.5. The molecule has 2 N–H and O–H groups in total. The maximum absolute atomic E-state index is 12.2. The van der Waals surface area contributed by atoms with Crippen LogP contribution in [-0.4, -0.2) is 22.8 Å². The van der Waals surface area contributed by atoms with Gasteiger partial charge in [-0.1, -0.05) is 48.5 Å². The molecular formula is C21H18N2O3. The van der Waals surface area contributed by atoms with Crippen LogP contribution in [0.2, 0.25) is 0 Å². The minimum Gasteiger partial charge on any atom is -0.448 e. The highest BCUT2D eigenvalue weighted by Crippen LogP contribution is 2.44. The van der Waals surface area contributed by atoms with Crippen LogP contribution < -0.4 is 5.32 Å². The van der Waals surface area contributed by atoms with Crippen LogP contribution in [-0.2, 0) is 11.3 Å². The summed E-state index contributed by atoms with van der Waals surface area (Å²) in [5, 5.41) is 11.8. The molecule has 0 aliphatic heterocycles. The lowest BCUT2D eigenvalue weighted by Gasteiger charge is -2.14. The van der Waals surface area contributed by atoms with Gasteiger partial charge in [0.1, 0.15) is 12.4 Å². The van der Waals surface area contributed by atoms with Crippen LogP contribution in [0, 0.1) is 0 Å². The number of benzene rings is 2. The smallest absolute Gasteiger partial charge is 0.412 e. The lowest BCUT2D eigenvalue weighted by molar-refractivity contribution is 0.158. The van der Waals surface area contributed by atoms with Crippen molar-refractivity contribution in [3.63, 3.8) is 0 Å². The zero-order valence-electron chi connectivity index (χ0n) is 14.1. The number of hydrogen-bond acceptors (Lipinski definition) is 4. The summed E-state index contributed by atoms with van der Waals surface area (Å²) in [6, 6.07) is 19.7. The third kappa shape index (κ3) is 3.05. The number of pyridine rings is 1. The Bertz CT molecular complexity index is 910. The van der Waals surface area contributed by atoms with Gasteiger partial charge < -0.3 is 9.84 Å². The Balaban J connectivity index is 1.48. The van der Waals surface area contributed by atoms with Crippen molar-refractivity contribution in [1.29, 1.82) is 0 Å². The van der Waals surface area contributed by atoms with Gasteiger partial charge in [-0.25, -0.2) is 9.78 Å². The Morgan fingerprint density at radius 1 is 1.04 bits per heavy atom. The molecule has 0 saturated heterocycles. The number of nitrogens with zero attached hydrogens (tertiary/aromatic N) is 1. The highest BCUT2D eigenvalue weighted by molar-refractivity contribution is 5.84. The van der Waals surface area contributed by atoms with Gasteiger partial charge in [0.2, 0.25) is 0 Å². The van der Waals surface area contributed by atoms with E-state index in [1.165, 1.54) is 28.5 Å². The number of ether oxygens (including phenoxy) is 1. The second kappa shape index (κ2) is 6.98. The van der Waals surface area contributed by atoms with Gasteiger partial charge in [-0.05, 0) is 39.9 Å². The molecule has 3 aromatic rings. The van der Waals surface area contributed by atoms with E-state index in [2.05, 4.69) is 34.6 Å². The minimum atomic E-state index is -0.561. The first-order chi connectivity index (χ1) is 12.8. The predicted octanol–water partition coefficient (Wildman–Crippen LogP) is 3.93. The van der Waals surface area contributed by atoms with E-state index in [1.807, 2.05) is 24.3 Å². The molecule has 0 fully saturated rings. The number of carbonyl (C=O) groups is 1. The topological polar surface area (TPSA) is 71.5 Å². The van der Waals surface area contributed by atoms with Crippen molar-refractivity contribution in [2.45, 2.75) is 12.5 Å². The van der Waals surface area contributed by atoms with Crippen molar-refractivity contribution in [1.82, 2.24) is 4.98 Å². The van der Waals surface area contributed by atoms with Crippen LogP contribution in [0.4, 0.5) is 10.6 Å². The van der Waals surface area contributed by atoms with Crippen LogP contribution in [0.15, 0.2) is 66.9 Å². The van der Waals surface area contributed by atoms with E-state index in [4.69, 9.17) is 9.84 Å². The fourth-order valence-electron chi connectivity index (χ4n) is 3.38. The Morgan fingerprint density at radius 2 is 1.69 bits per heavy atom. The lowest BCUT2D eigenvalue weighted by atomic mass is 9.98. The molecule has 0 bridgehead atoms. The lowest BCUT2D eigenvalue weighted by Crippen LogP contribution is -2.18. The van der Waals surface area contributed by atoms with Crippen LogP contribution in [0.5, 0.6) is 0 Å². The predicted molar refractivity (Wildman–Crippen MR) is 98.9 cm³/mol. The molecule has 130 valence electrons. The summed E-state index contributed by atoms with van der Waals surface area (Å²) in [5.41, 5.74) is 5.39. The number of amides is 1. The number of anilines is 1. The molecule has 0 spiro atoms. The first-order valence-corrected chi connectivity index (χ1v) is 8.44. The van der Waals surface area contributed by atoms with Crippen molar-refractivity contribution in [3.8, 4) is 11.1 Å². The quantitative estimate of drug-likeness (QED) is 0.751. The van der Waals surface area contributed by atoms with Crippen LogP contribution in [0.3, 0.4) is 0 Å². The average Bonchev–Trinajstić information content (AvgIpc) is 3.00. The van der Waals surface area contributed by atoms with E-state index in [0.29, 0.717) is 11.4 Å². The Labute approximate surface area is 151 Å². The molecule has 26 heavy (non-hydrogen) atoms. The van der Waals surface area contributed by atoms with Gasteiger partial charge in [0.05, 0.1) is 6.61 Å². The molecule has 1 aliphatic rings. The van der Waals surface area contributed by atoms with E-state index in [-0.39, 0.29) is 19.1 Å². The monoisotopic (exact) mass is 346 g/mol. The fraction of sp³-hybridized carbons (Fsp3) is 0.143. The average molecular weight is 346 g/mol. The van der Waals surface area contributed by atoms with Crippen LogP contribution in [0.25, 0.3) is 11.1 Å². The molecular weight excluding hydrogens is 328 g/mol. The number of hydrogen-bond donors (Lipinski definition) is 2. The van der Waals surface area contributed by atoms with Crippen molar-refractivity contribution in [3.05, 3.63) is 83.6 Å². The Hall–Kier alpha value is -3.18. The molecule has 4 rings (SSSR count). The van der Waals surface area contributed by atoms with Crippen molar-refractivity contribution in [2.75, 3.05) is 11.9 Å². The second-order valence-electron chi connectivity index (χ2n) is 6.16. The number of aliphatic hydroxyl groups is 1. The molecule has 0 atom stereocenters. The van der Waals surface area contributed by atoms with Gasteiger partial charge >= 0.3 is 6.09 Å². The fourth-order valence-corrected chi connectivity index (χ4v) is 3.38.